The Morgan fingerprint density at radius 3 is 2.15 bits per heavy atom. The third kappa shape index (κ3) is 3.45. The van der Waals surface area contributed by atoms with Crippen LogP contribution in [0.2, 0.25) is 0 Å². The fourth-order valence-electron chi connectivity index (χ4n) is 2.05. The van der Waals surface area contributed by atoms with Crippen molar-refractivity contribution in [2.45, 2.75) is 25.9 Å². The Morgan fingerprint density at radius 2 is 1.60 bits per heavy atom. The van der Waals surface area contributed by atoms with Crippen LogP contribution in [-0.2, 0) is 11.3 Å². The molecule has 2 N–H and O–H groups in total. The highest BCUT2D eigenvalue weighted by molar-refractivity contribution is 5.96. The Bertz CT molecular complexity index is 539. The van der Waals surface area contributed by atoms with Gasteiger partial charge in [-0.15, -0.1) is 0 Å². The summed E-state index contributed by atoms with van der Waals surface area (Å²) in [5, 5.41) is 0. The van der Waals surface area contributed by atoms with E-state index in [4.69, 9.17) is 5.73 Å². The zero-order valence-electron chi connectivity index (χ0n) is 11.7. The standard InChI is InChI=1S/C17H20N2O/c1-2-16(18)17(20)19(15-11-7-4-8-12-15)13-14-9-5-3-6-10-14/h3-12,16H,2,13,18H2,1H3/t16-/m0/s1. The first kappa shape index (κ1) is 14.3. The van der Waals surface area contributed by atoms with Crippen molar-refractivity contribution in [2.75, 3.05) is 4.90 Å². The van der Waals surface area contributed by atoms with Crippen molar-refractivity contribution in [3.8, 4) is 0 Å². The van der Waals surface area contributed by atoms with Gasteiger partial charge in [0.25, 0.3) is 0 Å². The van der Waals surface area contributed by atoms with Gasteiger partial charge in [0.2, 0.25) is 5.91 Å². The summed E-state index contributed by atoms with van der Waals surface area (Å²) in [4.78, 5) is 14.2. The van der Waals surface area contributed by atoms with Crippen LogP contribution in [0.3, 0.4) is 0 Å². The molecule has 0 saturated heterocycles. The van der Waals surface area contributed by atoms with Crippen molar-refractivity contribution in [3.05, 3.63) is 66.2 Å². The zero-order valence-corrected chi connectivity index (χ0v) is 11.7. The van der Waals surface area contributed by atoms with Gasteiger partial charge < -0.3 is 10.6 Å². The van der Waals surface area contributed by atoms with Crippen LogP contribution in [0.1, 0.15) is 18.9 Å². The number of carbonyl (C=O) groups excluding carboxylic acids is 1. The Morgan fingerprint density at radius 1 is 1.05 bits per heavy atom. The quantitative estimate of drug-likeness (QED) is 0.906. The average Bonchev–Trinajstić information content (AvgIpc) is 2.53. The summed E-state index contributed by atoms with van der Waals surface area (Å²) < 4.78 is 0. The molecule has 0 fully saturated rings. The molecule has 0 aromatic heterocycles. The van der Waals surface area contributed by atoms with E-state index in [9.17, 15) is 4.79 Å². The van der Waals surface area contributed by atoms with Crippen molar-refractivity contribution in [1.29, 1.82) is 0 Å². The van der Waals surface area contributed by atoms with Crippen LogP contribution in [0.15, 0.2) is 60.7 Å². The van der Waals surface area contributed by atoms with Crippen LogP contribution in [0.5, 0.6) is 0 Å². The lowest BCUT2D eigenvalue weighted by Gasteiger charge is -2.25. The number of amides is 1. The summed E-state index contributed by atoms with van der Waals surface area (Å²) in [6.07, 6.45) is 0.636. The largest absolute Gasteiger partial charge is 0.320 e. The second kappa shape index (κ2) is 6.87. The molecule has 20 heavy (non-hydrogen) atoms. The minimum atomic E-state index is -0.459. The Kier molecular flexibility index (Phi) is 4.91. The second-order valence-electron chi connectivity index (χ2n) is 4.76. The second-order valence-corrected chi connectivity index (χ2v) is 4.76. The number of rotatable bonds is 5. The fraction of sp³-hybridized carbons (Fsp3) is 0.235. The number of nitrogens with two attached hydrogens (primary N) is 1. The van der Waals surface area contributed by atoms with Crippen LogP contribution >= 0.6 is 0 Å². The van der Waals surface area contributed by atoms with E-state index in [0.717, 1.165) is 11.3 Å². The van der Waals surface area contributed by atoms with Crippen LogP contribution in [-0.4, -0.2) is 11.9 Å². The van der Waals surface area contributed by atoms with Gasteiger partial charge in [0.05, 0.1) is 12.6 Å². The first-order chi connectivity index (χ1) is 9.72. The molecule has 0 saturated carbocycles. The minimum absolute atomic E-state index is 0.0393. The van der Waals surface area contributed by atoms with Crippen molar-refractivity contribution >= 4 is 11.6 Å². The van der Waals surface area contributed by atoms with Gasteiger partial charge in [-0.1, -0.05) is 55.5 Å². The van der Waals surface area contributed by atoms with Gasteiger partial charge in [0.1, 0.15) is 0 Å². The number of hydrogen-bond donors (Lipinski definition) is 1. The fourth-order valence-corrected chi connectivity index (χ4v) is 2.05. The maximum atomic E-state index is 12.5. The first-order valence-corrected chi connectivity index (χ1v) is 6.88. The van der Waals surface area contributed by atoms with Crippen LogP contribution in [0, 0.1) is 0 Å². The van der Waals surface area contributed by atoms with E-state index in [2.05, 4.69) is 0 Å². The molecule has 0 spiro atoms. The molecular weight excluding hydrogens is 248 g/mol. The predicted octanol–water partition coefficient (Wildman–Crippen LogP) is 2.96. The number of benzene rings is 2. The molecule has 3 heteroatoms. The van der Waals surface area contributed by atoms with Crippen molar-refractivity contribution in [2.24, 2.45) is 5.73 Å². The van der Waals surface area contributed by atoms with E-state index in [0.29, 0.717) is 13.0 Å². The maximum Gasteiger partial charge on any atom is 0.244 e. The van der Waals surface area contributed by atoms with Crippen LogP contribution in [0.4, 0.5) is 5.69 Å². The molecule has 0 aliphatic heterocycles. The maximum absolute atomic E-state index is 12.5. The molecule has 0 heterocycles. The molecule has 0 unspecified atom stereocenters. The summed E-state index contributed by atoms with van der Waals surface area (Å²) in [5.74, 6) is -0.0393. The van der Waals surface area contributed by atoms with Gasteiger partial charge in [0, 0.05) is 5.69 Å². The smallest absolute Gasteiger partial charge is 0.244 e. The molecule has 104 valence electrons. The normalized spacial score (nSPS) is 11.9. The van der Waals surface area contributed by atoms with Gasteiger partial charge in [-0.2, -0.15) is 0 Å². The average molecular weight is 268 g/mol. The zero-order chi connectivity index (χ0) is 14.4. The van der Waals surface area contributed by atoms with Gasteiger partial charge in [0.15, 0.2) is 0 Å². The molecular formula is C17H20N2O. The number of anilines is 1. The summed E-state index contributed by atoms with van der Waals surface area (Å²) in [6.45, 7) is 2.46. The molecule has 3 nitrogen and oxygen atoms in total. The van der Waals surface area contributed by atoms with E-state index in [1.165, 1.54) is 0 Å². The highest BCUT2D eigenvalue weighted by Gasteiger charge is 2.21. The Hall–Kier alpha value is -2.13. The van der Waals surface area contributed by atoms with Crippen LogP contribution in [0.25, 0.3) is 0 Å². The highest BCUT2D eigenvalue weighted by atomic mass is 16.2. The van der Waals surface area contributed by atoms with E-state index in [1.54, 1.807) is 4.90 Å². The molecule has 0 aliphatic rings. The topological polar surface area (TPSA) is 46.3 Å². The Balaban J connectivity index is 2.27. The Labute approximate surface area is 120 Å². The molecule has 0 radical (unpaired) electrons. The van der Waals surface area contributed by atoms with Crippen LogP contribution < -0.4 is 10.6 Å². The molecule has 1 amide bonds. The molecule has 2 aromatic rings. The third-order valence-electron chi connectivity index (χ3n) is 3.27. The summed E-state index contributed by atoms with van der Waals surface area (Å²) in [7, 11) is 0. The molecule has 1 atom stereocenters. The predicted molar refractivity (Wildman–Crippen MR) is 82.3 cm³/mol. The van der Waals surface area contributed by atoms with E-state index >= 15 is 0 Å². The van der Waals surface area contributed by atoms with Gasteiger partial charge in [-0.05, 0) is 24.1 Å². The van der Waals surface area contributed by atoms with E-state index in [-0.39, 0.29) is 5.91 Å². The monoisotopic (exact) mass is 268 g/mol. The molecule has 0 bridgehead atoms. The molecule has 2 aromatic carbocycles. The molecule has 2 rings (SSSR count). The first-order valence-electron chi connectivity index (χ1n) is 6.88. The summed E-state index contributed by atoms with van der Waals surface area (Å²) in [6, 6.07) is 19.2. The van der Waals surface area contributed by atoms with Crippen molar-refractivity contribution < 1.29 is 4.79 Å². The lowest BCUT2D eigenvalue weighted by atomic mass is 10.1. The van der Waals surface area contributed by atoms with Gasteiger partial charge in [-0.25, -0.2) is 0 Å². The summed E-state index contributed by atoms with van der Waals surface area (Å²) >= 11 is 0. The highest BCUT2D eigenvalue weighted by Crippen LogP contribution is 2.18. The minimum Gasteiger partial charge on any atom is -0.320 e. The van der Waals surface area contributed by atoms with E-state index < -0.39 is 6.04 Å². The van der Waals surface area contributed by atoms with Crippen molar-refractivity contribution in [1.82, 2.24) is 0 Å². The third-order valence-corrected chi connectivity index (χ3v) is 3.27. The lowest BCUT2D eigenvalue weighted by molar-refractivity contribution is -0.120. The van der Waals surface area contributed by atoms with Gasteiger partial charge >= 0.3 is 0 Å². The van der Waals surface area contributed by atoms with E-state index in [1.807, 2.05) is 67.6 Å². The molecule has 0 aliphatic carbocycles. The number of para-hydroxylation sites is 1. The lowest BCUT2D eigenvalue weighted by Crippen LogP contribution is -2.43. The summed E-state index contributed by atoms with van der Waals surface area (Å²) in [5.41, 5.74) is 7.89. The van der Waals surface area contributed by atoms with Gasteiger partial charge in [-0.3, -0.25) is 4.79 Å². The SMILES string of the molecule is CC[C@H](N)C(=O)N(Cc1ccccc1)c1ccccc1. The van der Waals surface area contributed by atoms with Crippen molar-refractivity contribution in [3.63, 3.8) is 0 Å². The number of nitrogens with zero attached hydrogens (tertiary/aromatic N) is 1. The number of hydrogen-bond acceptors (Lipinski definition) is 2. The number of carbonyl (C=O) groups is 1.